The standard InChI is InChI=1S/C17H20N2O2S/c1-17(2,16(20)21)19-9-8-13-14(11-19)22-15(18-13)10-12-6-4-3-5-7-12/h3-7H,8-11H2,1-2H3,(H,20,21). The van der Waals surface area contributed by atoms with Crippen molar-refractivity contribution >= 4 is 17.3 Å². The fraction of sp³-hybridized carbons (Fsp3) is 0.412. The molecular formula is C17H20N2O2S. The van der Waals surface area contributed by atoms with E-state index in [0.29, 0.717) is 6.54 Å². The van der Waals surface area contributed by atoms with Gasteiger partial charge in [0.25, 0.3) is 0 Å². The number of nitrogens with zero attached hydrogens (tertiary/aromatic N) is 2. The van der Waals surface area contributed by atoms with Gasteiger partial charge in [-0.1, -0.05) is 30.3 Å². The second-order valence-corrected chi connectivity index (χ2v) is 7.34. The van der Waals surface area contributed by atoms with Crippen LogP contribution in [0.3, 0.4) is 0 Å². The van der Waals surface area contributed by atoms with Crippen molar-refractivity contribution in [1.29, 1.82) is 0 Å². The zero-order chi connectivity index (χ0) is 15.7. The molecule has 22 heavy (non-hydrogen) atoms. The van der Waals surface area contributed by atoms with Gasteiger partial charge >= 0.3 is 5.97 Å². The van der Waals surface area contributed by atoms with Crippen LogP contribution in [0.1, 0.15) is 35.0 Å². The molecule has 0 atom stereocenters. The summed E-state index contributed by atoms with van der Waals surface area (Å²) >= 11 is 1.72. The molecule has 2 aromatic rings. The van der Waals surface area contributed by atoms with Gasteiger partial charge in [0.15, 0.2) is 0 Å². The summed E-state index contributed by atoms with van der Waals surface area (Å²) in [6, 6.07) is 10.3. The first-order valence-electron chi connectivity index (χ1n) is 7.46. The molecule has 0 amide bonds. The van der Waals surface area contributed by atoms with Crippen LogP contribution in [-0.4, -0.2) is 33.0 Å². The quantitative estimate of drug-likeness (QED) is 0.942. The van der Waals surface area contributed by atoms with E-state index >= 15 is 0 Å². The molecule has 1 aromatic heterocycles. The van der Waals surface area contributed by atoms with E-state index in [1.54, 1.807) is 25.2 Å². The van der Waals surface area contributed by atoms with Crippen LogP contribution in [0.4, 0.5) is 0 Å². The molecule has 116 valence electrons. The third-order valence-electron chi connectivity index (χ3n) is 4.29. The summed E-state index contributed by atoms with van der Waals surface area (Å²) in [7, 11) is 0. The highest BCUT2D eigenvalue weighted by atomic mass is 32.1. The lowest BCUT2D eigenvalue weighted by Gasteiger charge is -2.37. The van der Waals surface area contributed by atoms with E-state index in [0.717, 1.165) is 30.1 Å². The first kappa shape index (κ1) is 15.2. The van der Waals surface area contributed by atoms with Crippen LogP contribution in [-0.2, 0) is 24.2 Å². The lowest BCUT2D eigenvalue weighted by Crippen LogP contribution is -2.51. The Hall–Kier alpha value is -1.72. The van der Waals surface area contributed by atoms with Gasteiger partial charge in [-0.2, -0.15) is 0 Å². The predicted octanol–water partition coefficient (Wildman–Crippen LogP) is 2.96. The Morgan fingerprint density at radius 3 is 2.77 bits per heavy atom. The summed E-state index contributed by atoms with van der Waals surface area (Å²) < 4.78 is 0. The summed E-state index contributed by atoms with van der Waals surface area (Å²) in [6.45, 7) is 4.97. The largest absolute Gasteiger partial charge is 0.480 e. The van der Waals surface area contributed by atoms with Crippen LogP contribution in [0.2, 0.25) is 0 Å². The molecule has 5 heteroatoms. The maximum Gasteiger partial charge on any atom is 0.323 e. The van der Waals surface area contributed by atoms with E-state index in [9.17, 15) is 9.90 Å². The number of aliphatic carboxylic acids is 1. The SMILES string of the molecule is CC(C)(C(=O)O)N1CCc2nc(Cc3ccccc3)sc2C1. The third kappa shape index (κ3) is 2.91. The summed E-state index contributed by atoms with van der Waals surface area (Å²) in [5, 5.41) is 10.5. The Bertz CT molecular complexity index is 679. The number of carboxylic acids is 1. The lowest BCUT2D eigenvalue weighted by atomic mass is 10.00. The Labute approximate surface area is 134 Å². The number of hydrogen-bond donors (Lipinski definition) is 1. The fourth-order valence-electron chi connectivity index (χ4n) is 2.71. The molecule has 0 saturated heterocycles. The summed E-state index contributed by atoms with van der Waals surface area (Å²) in [5.41, 5.74) is 1.58. The highest BCUT2D eigenvalue weighted by Gasteiger charge is 2.37. The van der Waals surface area contributed by atoms with Gasteiger partial charge in [0.2, 0.25) is 0 Å². The normalized spacial score (nSPS) is 15.5. The summed E-state index contributed by atoms with van der Waals surface area (Å²) in [4.78, 5) is 19.4. The van der Waals surface area contributed by atoms with E-state index in [4.69, 9.17) is 4.98 Å². The summed E-state index contributed by atoms with van der Waals surface area (Å²) in [6.07, 6.45) is 1.68. The second kappa shape index (κ2) is 5.82. The van der Waals surface area contributed by atoms with Gasteiger partial charge in [0, 0.05) is 30.8 Å². The van der Waals surface area contributed by atoms with Crippen molar-refractivity contribution in [3.63, 3.8) is 0 Å². The van der Waals surface area contributed by atoms with Crippen LogP contribution in [0.15, 0.2) is 30.3 Å². The zero-order valence-corrected chi connectivity index (χ0v) is 13.7. The number of benzene rings is 1. The average molecular weight is 316 g/mol. The van der Waals surface area contributed by atoms with Crippen molar-refractivity contribution in [3.05, 3.63) is 51.5 Å². The zero-order valence-electron chi connectivity index (χ0n) is 12.9. The van der Waals surface area contributed by atoms with E-state index in [1.165, 1.54) is 10.4 Å². The molecule has 2 heterocycles. The molecule has 0 unspecified atom stereocenters. The molecular weight excluding hydrogens is 296 g/mol. The Kier molecular flexibility index (Phi) is 4.02. The highest BCUT2D eigenvalue weighted by molar-refractivity contribution is 7.11. The van der Waals surface area contributed by atoms with E-state index < -0.39 is 11.5 Å². The van der Waals surface area contributed by atoms with Gasteiger partial charge in [-0.25, -0.2) is 4.98 Å². The van der Waals surface area contributed by atoms with Crippen molar-refractivity contribution in [2.24, 2.45) is 0 Å². The molecule has 0 aliphatic carbocycles. The number of hydrogen-bond acceptors (Lipinski definition) is 4. The monoisotopic (exact) mass is 316 g/mol. The topological polar surface area (TPSA) is 53.4 Å². The van der Waals surface area contributed by atoms with Crippen LogP contribution >= 0.6 is 11.3 Å². The molecule has 0 radical (unpaired) electrons. The lowest BCUT2D eigenvalue weighted by molar-refractivity contribution is -0.150. The number of fused-ring (bicyclic) bond motifs is 1. The van der Waals surface area contributed by atoms with Gasteiger partial charge < -0.3 is 5.11 Å². The van der Waals surface area contributed by atoms with Crippen molar-refractivity contribution in [2.45, 2.75) is 38.8 Å². The smallest absolute Gasteiger partial charge is 0.323 e. The van der Waals surface area contributed by atoms with E-state index in [1.807, 2.05) is 23.1 Å². The van der Waals surface area contributed by atoms with Crippen molar-refractivity contribution in [2.75, 3.05) is 6.54 Å². The number of rotatable bonds is 4. The maximum absolute atomic E-state index is 11.4. The highest BCUT2D eigenvalue weighted by Crippen LogP contribution is 2.30. The van der Waals surface area contributed by atoms with Crippen LogP contribution in [0.25, 0.3) is 0 Å². The Morgan fingerprint density at radius 2 is 2.09 bits per heavy atom. The number of aromatic nitrogens is 1. The van der Waals surface area contributed by atoms with E-state index in [2.05, 4.69) is 12.1 Å². The van der Waals surface area contributed by atoms with Crippen molar-refractivity contribution < 1.29 is 9.90 Å². The minimum Gasteiger partial charge on any atom is -0.480 e. The van der Waals surface area contributed by atoms with Gasteiger partial charge in [0.1, 0.15) is 5.54 Å². The minimum absolute atomic E-state index is 0.682. The molecule has 1 aromatic carbocycles. The molecule has 3 rings (SSSR count). The Morgan fingerprint density at radius 1 is 1.36 bits per heavy atom. The summed E-state index contributed by atoms with van der Waals surface area (Å²) in [5.74, 6) is -0.773. The number of thiazole rings is 1. The van der Waals surface area contributed by atoms with Crippen molar-refractivity contribution in [3.8, 4) is 0 Å². The molecule has 0 fully saturated rings. The van der Waals surface area contributed by atoms with Gasteiger partial charge in [-0.15, -0.1) is 11.3 Å². The fourth-order valence-corrected chi connectivity index (χ4v) is 3.87. The van der Waals surface area contributed by atoms with Gasteiger partial charge in [-0.05, 0) is 19.4 Å². The minimum atomic E-state index is -0.832. The molecule has 1 aliphatic rings. The van der Waals surface area contributed by atoms with E-state index in [-0.39, 0.29) is 0 Å². The second-order valence-electron chi connectivity index (χ2n) is 6.18. The van der Waals surface area contributed by atoms with Gasteiger partial charge in [0.05, 0.1) is 10.7 Å². The Balaban J connectivity index is 1.77. The molecule has 0 saturated carbocycles. The molecule has 0 bridgehead atoms. The van der Waals surface area contributed by atoms with Gasteiger partial charge in [-0.3, -0.25) is 9.69 Å². The van der Waals surface area contributed by atoms with Crippen molar-refractivity contribution in [1.82, 2.24) is 9.88 Å². The first-order chi connectivity index (χ1) is 10.5. The average Bonchev–Trinajstić information content (AvgIpc) is 2.89. The number of carbonyl (C=O) groups is 1. The number of carboxylic acid groups (broad SMARTS) is 1. The third-order valence-corrected chi connectivity index (χ3v) is 5.37. The predicted molar refractivity (Wildman–Crippen MR) is 87.2 cm³/mol. The van der Waals surface area contributed by atoms with Crippen LogP contribution in [0, 0.1) is 0 Å². The van der Waals surface area contributed by atoms with Crippen LogP contribution in [0.5, 0.6) is 0 Å². The molecule has 1 aliphatic heterocycles. The van der Waals surface area contributed by atoms with Crippen LogP contribution < -0.4 is 0 Å². The molecule has 4 nitrogen and oxygen atoms in total. The molecule has 1 N–H and O–H groups in total. The maximum atomic E-state index is 11.4. The molecule has 0 spiro atoms. The first-order valence-corrected chi connectivity index (χ1v) is 8.28.